The van der Waals surface area contributed by atoms with Crippen molar-refractivity contribution in [1.82, 2.24) is 20.1 Å². The van der Waals surface area contributed by atoms with Crippen LogP contribution in [-0.2, 0) is 20.7 Å². The summed E-state index contributed by atoms with van der Waals surface area (Å²) in [6, 6.07) is 0. The van der Waals surface area contributed by atoms with Gasteiger partial charge in [0.15, 0.2) is 0 Å². The molecular formula is C26H42N4O4. The second kappa shape index (κ2) is 12.9. The van der Waals surface area contributed by atoms with Crippen LogP contribution in [0.4, 0.5) is 0 Å². The fourth-order valence-corrected chi connectivity index (χ4v) is 5.22. The SMILES string of the molecule is CCOC(=O)c1[nH]c(C)c(CCC(=O)N2CCCC(C(=O)NCCCN3CCCCC3)C2)c1C. The van der Waals surface area contributed by atoms with Gasteiger partial charge < -0.3 is 24.8 Å². The highest BCUT2D eigenvalue weighted by atomic mass is 16.5. The van der Waals surface area contributed by atoms with Gasteiger partial charge in [0, 0.05) is 31.7 Å². The third kappa shape index (κ3) is 7.08. The van der Waals surface area contributed by atoms with Crippen molar-refractivity contribution in [2.75, 3.05) is 45.9 Å². The molecule has 3 heterocycles. The van der Waals surface area contributed by atoms with Gasteiger partial charge in [0.1, 0.15) is 5.69 Å². The van der Waals surface area contributed by atoms with E-state index in [1.807, 2.05) is 18.7 Å². The van der Waals surface area contributed by atoms with Crippen LogP contribution in [0.2, 0.25) is 0 Å². The highest BCUT2D eigenvalue weighted by molar-refractivity contribution is 5.90. The van der Waals surface area contributed by atoms with E-state index >= 15 is 0 Å². The fraction of sp³-hybridized carbons (Fsp3) is 0.731. The highest BCUT2D eigenvalue weighted by Gasteiger charge is 2.28. The Kier molecular flexibility index (Phi) is 9.99. The maximum absolute atomic E-state index is 12.9. The molecule has 2 fully saturated rings. The molecule has 2 aliphatic heterocycles. The summed E-state index contributed by atoms with van der Waals surface area (Å²) in [6.45, 7) is 11.2. The summed E-state index contributed by atoms with van der Waals surface area (Å²) in [5.41, 5.74) is 3.21. The van der Waals surface area contributed by atoms with Crippen molar-refractivity contribution in [3.05, 3.63) is 22.5 Å². The number of esters is 1. The third-order valence-electron chi connectivity index (χ3n) is 7.21. The van der Waals surface area contributed by atoms with Crippen LogP contribution in [0.1, 0.15) is 79.2 Å². The summed E-state index contributed by atoms with van der Waals surface area (Å²) < 4.78 is 5.11. The Morgan fingerprint density at radius 3 is 2.59 bits per heavy atom. The molecule has 1 aromatic rings. The lowest BCUT2D eigenvalue weighted by Crippen LogP contribution is -2.46. The lowest BCUT2D eigenvalue weighted by molar-refractivity contribution is -0.135. The Labute approximate surface area is 203 Å². The molecule has 8 heteroatoms. The average molecular weight is 475 g/mol. The second-order valence-electron chi connectivity index (χ2n) is 9.67. The molecule has 0 aromatic carbocycles. The zero-order valence-electron chi connectivity index (χ0n) is 21.2. The number of aromatic nitrogens is 1. The number of carbonyl (C=O) groups is 3. The van der Waals surface area contributed by atoms with Gasteiger partial charge in [-0.1, -0.05) is 6.42 Å². The van der Waals surface area contributed by atoms with E-state index in [1.165, 1.54) is 32.4 Å². The minimum Gasteiger partial charge on any atom is -0.461 e. The van der Waals surface area contributed by atoms with Crippen LogP contribution in [0.3, 0.4) is 0 Å². The van der Waals surface area contributed by atoms with Crippen molar-refractivity contribution >= 4 is 17.8 Å². The first-order valence-electron chi connectivity index (χ1n) is 13.0. The Morgan fingerprint density at radius 2 is 1.85 bits per heavy atom. The standard InChI is InChI=1S/C26H42N4O4/c1-4-34-26(33)24-19(2)22(20(3)28-24)11-12-23(31)30-17-8-10-21(18-30)25(32)27-13-9-16-29-14-6-5-7-15-29/h21,28H,4-18H2,1-3H3,(H,27,32). The monoisotopic (exact) mass is 474 g/mol. The molecule has 1 unspecified atom stereocenters. The first-order chi connectivity index (χ1) is 16.4. The molecule has 1 atom stereocenters. The molecule has 0 bridgehead atoms. The van der Waals surface area contributed by atoms with Crippen LogP contribution in [0.15, 0.2) is 0 Å². The van der Waals surface area contributed by atoms with Crippen molar-refractivity contribution < 1.29 is 19.1 Å². The number of nitrogens with one attached hydrogen (secondary N) is 2. The number of hydrogen-bond acceptors (Lipinski definition) is 5. The van der Waals surface area contributed by atoms with Crippen molar-refractivity contribution in [2.24, 2.45) is 5.92 Å². The Morgan fingerprint density at radius 1 is 1.09 bits per heavy atom. The van der Waals surface area contributed by atoms with E-state index < -0.39 is 0 Å². The van der Waals surface area contributed by atoms with Crippen LogP contribution >= 0.6 is 0 Å². The third-order valence-corrected chi connectivity index (χ3v) is 7.21. The highest BCUT2D eigenvalue weighted by Crippen LogP contribution is 2.22. The number of rotatable bonds is 10. The smallest absolute Gasteiger partial charge is 0.355 e. The van der Waals surface area contributed by atoms with Gasteiger partial charge in [-0.05, 0) is 90.1 Å². The number of amides is 2. The zero-order chi connectivity index (χ0) is 24.5. The van der Waals surface area contributed by atoms with Crippen molar-refractivity contribution in [2.45, 2.75) is 72.1 Å². The van der Waals surface area contributed by atoms with Crippen LogP contribution in [0.25, 0.3) is 0 Å². The molecule has 3 rings (SSSR count). The first kappa shape index (κ1) is 26.3. The van der Waals surface area contributed by atoms with Crippen molar-refractivity contribution in [3.8, 4) is 0 Å². The number of ether oxygens (including phenoxy) is 1. The second-order valence-corrected chi connectivity index (χ2v) is 9.67. The van der Waals surface area contributed by atoms with Gasteiger partial charge in [0.25, 0.3) is 0 Å². The number of likely N-dealkylation sites (tertiary alicyclic amines) is 2. The van der Waals surface area contributed by atoms with Crippen molar-refractivity contribution in [3.63, 3.8) is 0 Å². The predicted molar refractivity (Wildman–Crippen MR) is 132 cm³/mol. The molecule has 2 amide bonds. The number of hydrogen-bond donors (Lipinski definition) is 2. The average Bonchev–Trinajstić information content (AvgIpc) is 3.14. The van der Waals surface area contributed by atoms with Gasteiger partial charge in [-0.25, -0.2) is 4.79 Å². The molecule has 2 aliphatic rings. The minimum absolute atomic E-state index is 0.0697. The number of aromatic amines is 1. The molecule has 34 heavy (non-hydrogen) atoms. The lowest BCUT2D eigenvalue weighted by atomic mass is 9.96. The Bertz CT molecular complexity index is 844. The number of H-pyrrole nitrogens is 1. The van der Waals surface area contributed by atoms with Crippen LogP contribution in [0, 0.1) is 19.8 Å². The minimum atomic E-state index is -0.360. The number of nitrogens with zero attached hydrogens (tertiary/aromatic N) is 2. The molecule has 190 valence electrons. The van der Waals surface area contributed by atoms with Gasteiger partial charge in [-0.15, -0.1) is 0 Å². The summed E-state index contributed by atoms with van der Waals surface area (Å²) in [6.07, 6.45) is 7.51. The van der Waals surface area contributed by atoms with Crippen LogP contribution in [-0.4, -0.2) is 78.4 Å². The quantitative estimate of drug-likeness (QED) is 0.402. The van der Waals surface area contributed by atoms with Gasteiger partial charge >= 0.3 is 5.97 Å². The normalized spacial score (nSPS) is 19.1. The molecule has 0 spiro atoms. The molecular weight excluding hydrogens is 432 g/mol. The molecule has 0 aliphatic carbocycles. The van der Waals surface area contributed by atoms with E-state index in [4.69, 9.17) is 4.74 Å². The van der Waals surface area contributed by atoms with E-state index in [-0.39, 0.29) is 23.7 Å². The van der Waals surface area contributed by atoms with E-state index in [0.29, 0.717) is 44.8 Å². The summed E-state index contributed by atoms with van der Waals surface area (Å²) >= 11 is 0. The molecule has 0 radical (unpaired) electrons. The molecule has 1 aromatic heterocycles. The number of aryl methyl sites for hydroxylation is 1. The van der Waals surface area contributed by atoms with E-state index in [1.54, 1.807) is 6.92 Å². The Hall–Kier alpha value is -2.35. The number of piperidine rings is 2. The molecule has 2 N–H and O–H groups in total. The first-order valence-corrected chi connectivity index (χ1v) is 13.0. The fourth-order valence-electron chi connectivity index (χ4n) is 5.22. The summed E-state index contributed by atoms with van der Waals surface area (Å²) in [5, 5.41) is 3.10. The number of carbonyl (C=O) groups excluding carboxylic acids is 3. The molecule has 0 saturated carbocycles. The Balaban J connectivity index is 1.43. The predicted octanol–water partition coefficient (Wildman–Crippen LogP) is 2.97. The maximum Gasteiger partial charge on any atom is 0.355 e. The van der Waals surface area contributed by atoms with Crippen molar-refractivity contribution in [1.29, 1.82) is 0 Å². The van der Waals surface area contributed by atoms with E-state index in [0.717, 1.165) is 42.6 Å². The van der Waals surface area contributed by atoms with Gasteiger partial charge in [-0.3, -0.25) is 9.59 Å². The largest absolute Gasteiger partial charge is 0.461 e. The van der Waals surface area contributed by atoms with E-state index in [2.05, 4.69) is 15.2 Å². The van der Waals surface area contributed by atoms with Crippen LogP contribution in [0.5, 0.6) is 0 Å². The summed E-state index contributed by atoms with van der Waals surface area (Å²) in [7, 11) is 0. The van der Waals surface area contributed by atoms with Gasteiger partial charge in [0.2, 0.25) is 11.8 Å². The topological polar surface area (TPSA) is 94.7 Å². The molecule has 2 saturated heterocycles. The lowest BCUT2D eigenvalue weighted by Gasteiger charge is -2.32. The molecule has 8 nitrogen and oxygen atoms in total. The van der Waals surface area contributed by atoms with E-state index in [9.17, 15) is 14.4 Å². The zero-order valence-corrected chi connectivity index (χ0v) is 21.2. The maximum atomic E-state index is 12.9. The van der Waals surface area contributed by atoms with Gasteiger partial charge in [0.05, 0.1) is 12.5 Å². The summed E-state index contributed by atoms with van der Waals surface area (Å²) in [4.78, 5) is 45.2. The van der Waals surface area contributed by atoms with Crippen LogP contribution < -0.4 is 5.32 Å². The summed E-state index contributed by atoms with van der Waals surface area (Å²) in [5.74, 6) is -0.340. The van der Waals surface area contributed by atoms with Gasteiger partial charge in [-0.2, -0.15) is 0 Å².